The fourth-order valence-electron chi connectivity index (χ4n) is 1.65. The Hall–Kier alpha value is -2.83. The number of aryl methyl sites for hydroxylation is 2. The Morgan fingerprint density at radius 2 is 2.09 bits per heavy atom. The number of nitrogens with zero attached hydrogens (tertiary/aromatic N) is 3. The normalized spacial score (nSPS) is 11.1. The van der Waals surface area contributed by atoms with Crippen molar-refractivity contribution in [2.24, 2.45) is 5.11 Å². The summed E-state index contributed by atoms with van der Waals surface area (Å²) in [6.07, 6.45) is 4.81. The van der Waals surface area contributed by atoms with Crippen LogP contribution in [0.4, 0.5) is 10.1 Å². The van der Waals surface area contributed by atoms with Gasteiger partial charge >= 0.3 is 6.01 Å². The van der Waals surface area contributed by atoms with E-state index in [4.69, 9.17) is 10.3 Å². The van der Waals surface area contributed by atoms with Gasteiger partial charge in [0.05, 0.1) is 0 Å². The number of nitrogens with one attached hydrogen (secondary N) is 2. The highest BCUT2D eigenvalue weighted by Gasteiger charge is 2.02. The molecule has 7 heteroatoms. The third kappa shape index (κ3) is 4.34. The second-order valence-electron chi connectivity index (χ2n) is 4.68. The van der Waals surface area contributed by atoms with Gasteiger partial charge in [-0.05, 0) is 43.2 Å². The van der Waals surface area contributed by atoms with Crippen LogP contribution >= 0.6 is 0 Å². The van der Waals surface area contributed by atoms with Crippen LogP contribution in [0.25, 0.3) is 0 Å². The molecule has 1 aromatic carbocycles. The molecule has 0 radical (unpaired) electrons. The molecule has 6 nitrogen and oxygen atoms in total. The molecule has 0 saturated carbocycles. The molecule has 0 aliphatic heterocycles. The zero-order valence-electron chi connectivity index (χ0n) is 12.3. The van der Waals surface area contributed by atoms with Gasteiger partial charge in [-0.15, -0.1) is 0 Å². The van der Waals surface area contributed by atoms with Gasteiger partial charge in [-0.2, -0.15) is 5.11 Å². The molecule has 0 aliphatic rings. The Balaban J connectivity index is 1.98. The van der Waals surface area contributed by atoms with Gasteiger partial charge in [0.15, 0.2) is 0 Å². The van der Waals surface area contributed by atoms with Crippen molar-refractivity contribution in [1.29, 1.82) is 5.53 Å². The first-order valence-corrected chi connectivity index (χ1v) is 6.59. The fourth-order valence-corrected chi connectivity index (χ4v) is 1.65. The van der Waals surface area contributed by atoms with Gasteiger partial charge < -0.3 is 10.1 Å². The van der Waals surface area contributed by atoms with Crippen molar-refractivity contribution in [2.45, 2.75) is 13.8 Å². The fraction of sp³-hybridized carbons (Fsp3) is 0.200. The second-order valence-corrected chi connectivity index (χ2v) is 4.68. The molecular weight excluding hydrogens is 285 g/mol. The molecule has 114 valence electrons. The first-order chi connectivity index (χ1) is 10.6. The van der Waals surface area contributed by atoms with Crippen LogP contribution in [0, 0.1) is 25.2 Å². The lowest BCUT2D eigenvalue weighted by atomic mass is 10.2. The molecule has 0 bridgehead atoms. The molecule has 0 amide bonds. The van der Waals surface area contributed by atoms with Crippen LogP contribution in [0.5, 0.6) is 6.01 Å². The van der Waals surface area contributed by atoms with Crippen LogP contribution in [0.2, 0.25) is 0 Å². The summed E-state index contributed by atoms with van der Waals surface area (Å²) < 4.78 is 18.4. The van der Waals surface area contributed by atoms with E-state index in [2.05, 4.69) is 20.4 Å². The minimum atomic E-state index is -0.294. The number of aromatic nitrogens is 2. The number of halogens is 1. The van der Waals surface area contributed by atoms with E-state index >= 15 is 0 Å². The number of anilines is 1. The molecule has 0 aliphatic carbocycles. The highest BCUT2D eigenvalue weighted by atomic mass is 19.1. The van der Waals surface area contributed by atoms with Crippen LogP contribution in [-0.4, -0.2) is 16.6 Å². The minimum absolute atomic E-state index is 0.0554. The average Bonchev–Trinajstić information content (AvgIpc) is 2.51. The van der Waals surface area contributed by atoms with E-state index in [1.165, 1.54) is 18.3 Å². The second kappa shape index (κ2) is 7.26. The summed E-state index contributed by atoms with van der Waals surface area (Å²) in [7, 11) is 0. The van der Waals surface area contributed by atoms with Crippen LogP contribution in [0.15, 0.2) is 47.6 Å². The molecule has 0 spiro atoms. The number of hydrogen-bond donors (Lipinski definition) is 2. The molecule has 0 atom stereocenters. The molecule has 0 saturated heterocycles. The van der Waals surface area contributed by atoms with E-state index < -0.39 is 0 Å². The molecule has 1 aromatic heterocycles. The lowest BCUT2D eigenvalue weighted by Crippen LogP contribution is -2.04. The molecule has 1 heterocycles. The first kappa shape index (κ1) is 15.6. The van der Waals surface area contributed by atoms with Crippen LogP contribution in [0.1, 0.15) is 11.1 Å². The predicted octanol–water partition coefficient (Wildman–Crippen LogP) is 3.60. The van der Waals surface area contributed by atoms with Crippen molar-refractivity contribution in [3.8, 4) is 6.01 Å². The van der Waals surface area contributed by atoms with E-state index in [0.717, 1.165) is 16.8 Å². The summed E-state index contributed by atoms with van der Waals surface area (Å²) in [5.74, 6) is -0.294. The highest BCUT2D eigenvalue weighted by Crippen LogP contribution is 2.16. The Bertz CT molecular complexity index is 685. The summed E-state index contributed by atoms with van der Waals surface area (Å²) in [4.78, 5) is 8.00. The van der Waals surface area contributed by atoms with Gasteiger partial charge in [0.1, 0.15) is 18.1 Å². The Labute approximate surface area is 127 Å². The third-order valence-corrected chi connectivity index (χ3v) is 2.83. The maximum atomic E-state index is 13.0. The number of hydrogen-bond acceptors (Lipinski definition) is 6. The topological polar surface area (TPSA) is 83.2 Å². The first-order valence-electron chi connectivity index (χ1n) is 6.59. The SMILES string of the molecule is Cc1cnc(OC/C(=C/Nc2ccc(F)cc2C)N=N)nc1. The van der Waals surface area contributed by atoms with Crippen molar-refractivity contribution >= 4 is 5.69 Å². The zero-order chi connectivity index (χ0) is 15.9. The average molecular weight is 301 g/mol. The largest absolute Gasteiger partial charge is 0.457 e. The maximum absolute atomic E-state index is 13.0. The lowest BCUT2D eigenvalue weighted by molar-refractivity contribution is 0.320. The van der Waals surface area contributed by atoms with Gasteiger partial charge in [-0.3, -0.25) is 0 Å². The summed E-state index contributed by atoms with van der Waals surface area (Å²) in [6.45, 7) is 3.72. The molecular formula is C15H16FN5O. The molecule has 0 fully saturated rings. The smallest absolute Gasteiger partial charge is 0.316 e. The predicted molar refractivity (Wildman–Crippen MR) is 80.3 cm³/mol. The lowest BCUT2D eigenvalue weighted by Gasteiger charge is -2.07. The van der Waals surface area contributed by atoms with E-state index in [1.54, 1.807) is 25.4 Å². The standard InChI is InChI=1S/C15H16FN5O/c1-10-6-19-15(20-7-10)22-9-13(21-17)8-18-14-4-3-12(16)5-11(14)2/h3-8,17-18H,9H2,1-2H3/b13-8-,21-17?. The van der Waals surface area contributed by atoms with Gasteiger partial charge in [0.25, 0.3) is 0 Å². The third-order valence-electron chi connectivity index (χ3n) is 2.83. The van der Waals surface area contributed by atoms with Crippen molar-refractivity contribution in [2.75, 3.05) is 11.9 Å². The zero-order valence-corrected chi connectivity index (χ0v) is 12.3. The van der Waals surface area contributed by atoms with E-state index in [1.807, 2.05) is 6.92 Å². The molecule has 0 unspecified atom stereocenters. The van der Waals surface area contributed by atoms with E-state index in [9.17, 15) is 4.39 Å². The monoisotopic (exact) mass is 301 g/mol. The van der Waals surface area contributed by atoms with Crippen LogP contribution in [-0.2, 0) is 0 Å². The molecule has 22 heavy (non-hydrogen) atoms. The van der Waals surface area contributed by atoms with Gasteiger partial charge in [-0.25, -0.2) is 19.9 Å². The van der Waals surface area contributed by atoms with Gasteiger partial charge in [0, 0.05) is 24.3 Å². The number of ether oxygens (including phenoxy) is 1. The summed E-state index contributed by atoms with van der Waals surface area (Å²) in [6, 6.07) is 4.62. The van der Waals surface area contributed by atoms with E-state index in [-0.39, 0.29) is 18.4 Å². The molecule has 2 rings (SSSR count). The number of rotatable bonds is 6. The summed E-state index contributed by atoms with van der Waals surface area (Å²) in [5, 5.41) is 6.35. The van der Waals surface area contributed by atoms with E-state index in [0.29, 0.717) is 5.70 Å². The van der Waals surface area contributed by atoms with Gasteiger partial charge in [-0.1, -0.05) is 0 Å². The Morgan fingerprint density at radius 1 is 1.36 bits per heavy atom. The van der Waals surface area contributed by atoms with Gasteiger partial charge in [0.2, 0.25) is 0 Å². The van der Waals surface area contributed by atoms with Crippen molar-refractivity contribution in [3.05, 3.63) is 59.4 Å². The summed E-state index contributed by atoms with van der Waals surface area (Å²) >= 11 is 0. The van der Waals surface area contributed by atoms with Crippen LogP contribution in [0.3, 0.4) is 0 Å². The highest BCUT2D eigenvalue weighted by molar-refractivity contribution is 5.52. The van der Waals surface area contributed by atoms with Crippen LogP contribution < -0.4 is 10.1 Å². The Kier molecular flexibility index (Phi) is 5.13. The molecule has 2 N–H and O–H groups in total. The molecule has 2 aromatic rings. The minimum Gasteiger partial charge on any atom is -0.457 e. The van der Waals surface area contributed by atoms with Crippen molar-refractivity contribution in [1.82, 2.24) is 9.97 Å². The maximum Gasteiger partial charge on any atom is 0.316 e. The number of benzene rings is 1. The Morgan fingerprint density at radius 3 is 2.73 bits per heavy atom. The quantitative estimate of drug-likeness (QED) is 0.799. The van der Waals surface area contributed by atoms with Crippen molar-refractivity contribution in [3.63, 3.8) is 0 Å². The van der Waals surface area contributed by atoms with Crippen molar-refractivity contribution < 1.29 is 9.13 Å². The summed E-state index contributed by atoms with van der Waals surface area (Å²) in [5.41, 5.74) is 9.92.